The zero-order chi connectivity index (χ0) is 14.1. The number of rotatable bonds is 6. The fourth-order valence-electron chi connectivity index (χ4n) is 1.98. The molecule has 1 aliphatic carbocycles. The van der Waals surface area contributed by atoms with Gasteiger partial charge in [-0.1, -0.05) is 19.3 Å². The predicted octanol–water partition coefficient (Wildman–Crippen LogP) is 1.03. The topological polar surface area (TPSA) is 84.9 Å². The van der Waals surface area contributed by atoms with Gasteiger partial charge in [0.15, 0.2) is 0 Å². The molecule has 2 N–H and O–H groups in total. The molecule has 0 saturated heterocycles. The van der Waals surface area contributed by atoms with Crippen molar-refractivity contribution >= 4 is 12.1 Å². The van der Waals surface area contributed by atoms with Gasteiger partial charge in [0.2, 0.25) is 0 Å². The molecule has 109 valence electrons. The van der Waals surface area contributed by atoms with E-state index in [0.717, 1.165) is 25.7 Å². The molecule has 1 atom stereocenters. The van der Waals surface area contributed by atoms with Gasteiger partial charge in [-0.05, 0) is 19.8 Å². The number of carbonyl (C=O) groups is 2. The second kappa shape index (κ2) is 8.74. The lowest BCUT2D eigenvalue weighted by Crippen LogP contribution is -2.32. The molecule has 1 saturated carbocycles. The van der Waals surface area contributed by atoms with Gasteiger partial charge in [0.25, 0.3) is 0 Å². The molecule has 0 aromatic heterocycles. The zero-order valence-electron chi connectivity index (χ0n) is 11.1. The Kier molecular flexibility index (Phi) is 7.25. The van der Waals surface area contributed by atoms with E-state index in [1.807, 2.05) is 0 Å². The van der Waals surface area contributed by atoms with Crippen LogP contribution in [0.1, 0.15) is 32.1 Å². The lowest BCUT2D eigenvalue weighted by atomic mass is 9.89. The molecule has 0 bridgehead atoms. The number of carbonyl (C=O) groups excluding carboxylic acids is 2. The Labute approximate surface area is 113 Å². The highest BCUT2D eigenvalue weighted by Crippen LogP contribution is 2.24. The Bertz CT molecular complexity index is 287. The standard InChI is InChI=1S/C13H22NO5/c1-10(15)9-14-13(17)19-8-7-18-12(16)11-5-3-2-4-6-11/h10-11,15H,1-9H2,(H,14,17)/t10-/m0/s1. The van der Waals surface area contributed by atoms with Crippen LogP contribution in [0.2, 0.25) is 0 Å². The maximum atomic E-state index is 11.6. The van der Waals surface area contributed by atoms with Crippen molar-refractivity contribution in [1.82, 2.24) is 5.32 Å². The van der Waals surface area contributed by atoms with Crippen molar-refractivity contribution < 1.29 is 24.2 Å². The highest BCUT2D eigenvalue weighted by atomic mass is 16.6. The first-order chi connectivity index (χ1) is 9.09. The average Bonchev–Trinajstić information content (AvgIpc) is 2.42. The number of amides is 1. The molecule has 1 radical (unpaired) electrons. The van der Waals surface area contributed by atoms with E-state index in [9.17, 15) is 9.59 Å². The summed E-state index contributed by atoms with van der Waals surface area (Å²) in [6.45, 7) is 3.40. The summed E-state index contributed by atoms with van der Waals surface area (Å²) >= 11 is 0. The van der Waals surface area contributed by atoms with E-state index in [0.29, 0.717) is 0 Å². The predicted molar refractivity (Wildman–Crippen MR) is 68.2 cm³/mol. The first-order valence-electron chi connectivity index (χ1n) is 6.68. The maximum Gasteiger partial charge on any atom is 0.407 e. The van der Waals surface area contributed by atoms with Gasteiger partial charge in [0.1, 0.15) is 13.2 Å². The summed E-state index contributed by atoms with van der Waals surface area (Å²) in [6.07, 6.45) is 3.60. The van der Waals surface area contributed by atoms with Crippen molar-refractivity contribution in [3.05, 3.63) is 6.92 Å². The Morgan fingerprint density at radius 2 is 1.84 bits per heavy atom. The minimum absolute atomic E-state index is 0.00360. The SMILES string of the molecule is [CH2][C@H](O)CNC(=O)OCCOC(=O)C1CCCCC1. The molecular weight excluding hydrogens is 250 g/mol. The molecule has 0 spiro atoms. The van der Waals surface area contributed by atoms with E-state index in [1.54, 1.807) is 0 Å². The van der Waals surface area contributed by atoms with E-state index < -0.39 is 12.2 Å². The van der Waals surface area contributed by atoms with Crippen molar-refractivity contribution in [3.63, 3.8) is 0 Å². The Balaban J connectivity index is 2.03. The zero-order valence-corrected chi connectivity index (χ0v) is 11.1. The largest absolute Gasteiger partial charge is 0.462 e. The summed E-state index contributed by atoms with van der Waals surface area (Å²) in [5, 5.41) is 11.2. The minimum atomic E-state index is -0.864. The van der Waals surface area contributed by atoms with Gasteiger partial charge in [-0.15, -0.1) is 0 Å². The molecule has 0 heterocycles. The highest BCUT2D eigenvalue weighted by molar-refractivity contribution is 5.72. The normalized spacial score (nSPS) is 17.6. The smallest absolute Gasteiger partial charge is 0.407 e. The van der Waals surface area contributed by atoms with Crippen LogP contribution in [0.3, 0.4) is 0 Å². The van der Waals surface area contributed by atoms with Gasteiger partial charge in [-0.3, -0.25) is 4.79 Å². The molecule has 1 fully saturated rings. The number of nitrogens with one attached hydrogen (secondary N) is 1. The molecular formula is C13H22NO5. The van der Waals surface area contributed by atoms with Crippen molar-refractivity contribution in [3.8, 4) is 0 Å². The van der Waals surface area contributed by atoms with Crippen LogP contribution >= 0.6 is 0 Å². The second-order valence-electron chi connectivity index (χ2n) is 4.67. The lowest BCUT2D eigenvalue weighted by Gasteiger charge is -2.19. The number of hydrogen-bond acceptors (Lipinski definition) is 5. The fraction of sp³-hybridized carbons (Fsp3) is 0.769. The third-order valence-electron chi connectivity index (χ3n) is 2.98. The maximum absolute atomic E-state index is 11.6. The third-order valence-corrected chi connectivity index (χ3v) is 2.98. The summed E-state index contributed by atoms with van der Waals surface area (Å²) in [5.41, 5.74) is 0. The van der Waals surface area contributed by atoms with E-state index in [-0.39, 0.29) is 31.6 Å². The van der Waals surface area contributed by atoms with Gasteiger partial charge in [0, 0.05) is 6.54 Å². The number of esters is 1. The van der Waals surface area contributed by atoms with Crippen LogP contribution in [0.5, 0.6) is 0 Å². The molecule has 6 nitrogen and oxygen atoms in total. The van der Waals surface area contributed by atoms with E-state index in [2.05, 4.69) is 12.2 Å². The van der Waals surface area contributed by atoms with Crippen molar-refractivity contribution in [1.29, 1.82) is 0 Å². The van der Waals surface area contributed by atoms with Crippen LogP contribution in [0.4, 0.5) is 4.79 Å². The summed E-state index contributed by atoms with van der Waals surface area (Å²) in [5.74, 6) is -0.194. The number of aliphatic hydroxyl groups is 1. The van der Waals surface area contributed by atoms with Gasteiger partial charge in [-0.25, -0.2) is 4.79 Å². The van der Waals surface area contributed by atoms with Crippen LogP contribution < -0.4 is 5.32 Å². The Morgan fingerprint density at radius 3 is 2.47 bits per heavy atom. The minimum Gasteiger partial charge on any atom is -0.462 e. The first-order valence-corrected chi connectivity index (χ1v) is 6.68. The van der Waals surface area contributed by atoms with Crippen LogP contribution in [-0.4, -0.2) is 43.0 Å². The molecule has 0 aromatic rings. The Morgan fingerprint density at radius 1 is 1.21 bits per heavy atom. The molecule has 0 aliphatic heterocycles. The van der Waals surface area contributed by atoms with Gasteiger partial charge >= 0.3 is 12.1 Å². The molecule has 6 heteroatoms. The molecule has 1 aliphatic rings. The van der Waals surface area contributed by atoms with Crippen LogP contribution in [0.15, 0.2) is 0 Å². The van der Waals surface area contributed by atoms with Crippen LogP contribution in [-0.2, 0) is 14.3 Å². The van der Waals surface area contributed by atoms with E-state index in [4.69, 9.17) is 14.6 Å². The number of alkyl carbamates (subject to hydrolysis) is 1. The van der Waals surface area contributed by atoms with E-state index in [1.165, 1.54) is 6.42 Å². The third kappa shape index (κ3) is 7.00. The molecule has 19 heavy (non-hydrogen) atoms. The summed E-state index contributed by atoms with van der Waals surface area (Å²) < 4.78 is 9.82. The van der Waals surface area contributed by atoms with Crippen molar-refractivity contribution in [2.45, 2.75) is 38.2 Å². The fourth-order valence-corrected chi connectivity index (χ4v) is 1.98. The number of hydrogen-bond donors (Lipinski definition) is 2. The van der Waals surface area contributed by atoms with Crippen LogP contribution in [0, 0.1) is 12.8 Å². The van der Waals surface area contributed by atoms with Gasteiger partial charge in [0.05, 0.1) is 12.0 Å². The highest BCUT2D eigenvalue weighted by Gasteiger charge is 2.22. The molecule has 0 aromatic carbocycles. The van der Waals surface area contributed by atoms with Gasteiger partial charge < -0.3 is 19.9 Å². The second-order valence-corrected chi connectivity index (χ2v) is 4.67. The lowest BCUT2D eigenvalue weighted by molar-refractivity contribution is -0.150. The average molecular weight is 272 g/mol. The Hall–Kier alpha value is -1.30. The summed E-state index contributed by atoms with van der Waals surface area (Å²) in [7, 11) is 0. The number of aliphatic hydroxyl groups excluding tert-OH is 1. The van der Waals surface area contributed by atoms with Crippen LogP contribution in [0.25, 0.3) is 0 Å². The first kappa shape index (κ1) is 15.8. The monoisotopic (exact) mass is 272 g/mol. The quantitative estimate of drug-likeness (QED) is 0.557. The number of ether oxygens (including phenoxy) is 2. The summed E-state index contributed by atoms with van der Waals surface area (Å²) in [4.78, 5) is 22.7. The molecule has 1 rings (SSSR count). The molecule has 0 unspecified atom stereocenters. The summed E-state index contributed by atoms with van der Waals surface area (Å²) in [6, 6.07) is 0. The van der Waals surface area contributed by atoms with Crippen molar-refractivity contribution in [2.75, 3.05) is 19.8 Å². The molecule has 1 amide bonds. The van der Waals surface area contributed by atoms with E-state index >= 15 is 0 Å². The van der Waals surface area contributed by atoms with Gasteiger partial charge in [-0.2, -0.15) is 0 Å². The van der Waals surface area contributed by atoms with Crippen molar-refractivity contribution in [2.24, 2.45) is 5.92 Å².